The van der Waals surface area contributed by atoms with Crippen molar-refractivity contribution in [1.29, 1.82) is 0 Å². The molecule has 0 amide bonds. The number of fused-ring (bicyclic) bond motifs is 3. The van der Waals surface area contributed by atoms with Gasteiger partial charge in [-0.2, -0.15) is 0 Å². The molecule has 1 aromatic heterocycles. The van der Waals surface area contributed by atoms with Crippen molar-refractivity contribution in [3.8, 4) is 34.5 Å². The number of methoxy groups -OCH3 is 2. The smallest absolute Gasteiger partial charge is 0.231 e. The number of aliphatic hydroxyl groups is 1. The number of rotatable bonds is 2. The molecule has 0 radical (unpaired) electrons. The van der Waals surface area contributed by atoms with Crippen LogP contribution < -0.4 is 23.7 Å². The van der Waals surface area contributed by atoms with Gasteiger partial charge in [-0.3, -0.25) is 4.98 Å². The van der Waals surface area contributed by atoms with E-state index in [9.17, 15) is 5.11 Å². The molecule has 0 fully saturated rings. The Hall–Kier alpha value is -3.19. The van der Waals surface area contributed by atoms with Crippen LogP contribution in [0.15, 0.2) is 30.5 Å². The van der Waals surface area contributed by atoms with Gasteiger partial charge in [0.25, 0.3) is 0 Å². The minimum absolute atomic E-state index is 0.107. The molecule has 1 N–H and O–H groups in total. The van der Waals surface area contributed by atoms with Crippen molar-refractivity contribution < 1.29 is 28.8 Å². The Balaban J connectivity index is 1.89. The van der Waals surface area contributed by atoms with Gasteiger partial charge in [-0.25, -0.2) is 0 Å². The first-order chi connectivity index (χ1) is 12.7. The van der Waals surface area contributed by atoms with Crippen molar-refractivity contribution in [2.75, 3.05) is 21.0 Å². The number of hydrogen-bond acceptors (Lipinski definition) is 7. The Morgan fingerprint density at radius 2 is 1.96 bits per heavy atom. The van der Waals surface area contributed by atoms with Crippen molar-refractivity contribution >= 4 is 10.8 Å². The van der Waals surface area contributed by atoms with Crippen molar-refractivity contribution in [1.82, 2.24) is 4.98 Å². The zero-order valence-electron chi connectivity index (χ0n) is 14.1. The molecular formula is C19H15NO6. The van der Waals surface area contributed by atoms with Crippen LogP contribution >= 0.6 is 0 Å². The van der Waals surface area contributed by atoms with Gasteiger partial charge in [-0.15, -0.1) is 0 Å². The van der Waals surface area contributed by atoms with Gasteiger partial charge in [0.1, 0.15) is 6.10 Å². The van der Waals surface area contributed by atoms with E-state index in [1.54, 1.807) is 25.4 Å². The van der Waals surface area contributed by atoms with Gasteiger partial charge in [0, 0.05) is 11.8 Å². The van der Waals surface area contributed by atoms with E-state index in [-0.39, 0.29) is 6.79 Å². The maximum absolute atomic E-state index is 11.0. The number of ether oxygens (including phenoxy) is 5. The summed E-state index contributed by atoms with van der Waals surface area (Å²) in [7, 11) is 3.07. The van der Waals surface area contributed by atoms with E-state index in [1.807, 2.05) is 12.1 Å². The molecule has 7 heteroatoms. The molecule has 2 aromatic carbocycles. The lowest BCUT2D eigenvalue weighted by molar-refractivity contribution is 0.171. The summed E-state index contributed by atoms with van der Waals surface area (Å²) in [6.07, 6.45) is 0.661. The molecule has 0 aliphatic carbocycles. The molecule has 2 aliphatic rings. The summed E-state index contributed by atoms with van der Waals surface area (Å²) in [5.41, 5.74) is 1.02. The second-order valence-electron chi connectivity index (χ2n) is 5.96. The molecule has 132 valence electrons. The zero-order valence-corrected chi connectivity index (χ0v) is 14.1. The lowest BCUT2D eigenvalue weighted by Gasteiger charge is -2.17. The van der Waals surface area contributed by atoms with Gasteiger partial charge >= 0.3 is 0 Å². The van der Waals surface area contributed by atoms with Crippen LogP contribution in [0.2, 0.25) is 0 Å². The molecule has 1 atom stereocenters. The van der Waals surface area contributed by atoms with E-state index in [2.05, 4.69) is 4.98 Å². The largest absolute Gasteiger partial charge is 0.493 e. The lowest BCUT2D eigenvalue weighted by Crippen LogP contribution is -2.03. The molecular weight excluding hydrogens is 338 g/mol. The topological polar surface area (TPSA) is 79.3 Å². The fourth-order valence-electron chi connectivity index (χ4n) is 3.48. The number of hydrogen-bond donors (Lipinski definition) is 1. The predicted octanol–water partition coefficient (Wildman–Crippen LogP) is 3.17. The number of benzene rings is 2. The van der Waals surface area contributed by atoms with Crippen LogP contribution in [0.4, 0.5) is 0 Å². The highest BCUT2D eigenvalue weighted by atomic mass is 16.7. The molecule has 3 aromatic rings. The Kier molecular flexibility index (Phi) is 3.14. The van der Waals surface area contributed by atoms with Gasteiger partial charge in [0.2, 0.25) is 18.3 Å². The quantitative estimate of drug-likeness (QED) is 0.758. The molecule has 0 spiro atoms. The van der Waals surface area contributed by atoms with Gasteiger partial charge < -0.3 is 28.8 Å². The van der Waals surface area contributed by atoms with Crippen LogP contribution in [0.25, 0.3) is 10.8 Å². The highest BCUT2D eigenvalue weighted by molar-refractivity contribution is 5.96. The molecule has 3 heterocycles. The van der Waals surface area contributed by atoms with E-state index < -0.39 is 6.10 Å². The maximum atomic E-state index is 11.0. The Morgan fingerprint density at radius 3 is 2.77 bits per heavy atom. The van der Waals surface area contributed by atoms with E-state index in [0.717, 1.165) is 5.39 Å². The van der Waals surface area contributed by atoms with Gasteiger partial charge in [0.15, 0.2) is 23.0 Å². The Labute approximate surface area is 148 Å². The predicted molar refractivity (Wildman–Crippen MR) is 91.5 cm³/mol. The SMILES string of the molecule is COc1ccc2c(c1OC)Oc1c3c(cc4ccnc(c14)C2O)OCO3. The summed E-state index contributed by atoms with van der Waals surface area (Å²) in [6, 6.07) is 7.17. The van der Waals surface area contributed by atoms with Gasteiger partial charge in [-0.1, -0.05) is 0 Å². The zero-order chi connectivity index (χ0) is 17.8. The normalized spacial score (nSPS) is 16.7. The molecule has 7 nitrogen and oxygen atoms in total. The number of aliphatic hydroxyl groups excluding tert-OH is 1. The maximum Gasteiger partial charge on any atom is 0.231 e. The summed E-state index contributed by atoms with van der Waals surface area (Å²) in [5.74, 6) is 2.77. The van der Waals surface area contributed by atoms with Crippen LogP contribution in [0, 0.1) is 0 Å². The van der Waals surface area contributed by atoms with Crippen molar-refractivity contribution in [2.45, 2.75) is 6.10 Å². The second kappa shape index (κ2) is 5.40. The first-order valence-corrected chi connectivity index (χ1v) is 8.05. The summed E-state index contributed by atoms with van der Waals surface area (Å²) in [4.78, 5) is 4.40. The highest BCUT2D eigenvalue weighted by Crippen LogP contribution is 2.55. The monoisotopic (exact) mass is 353 g/mol. The van der Waals surface area contributed by atoms with Crippen LogP contribution in [-0.2, 0) is 0 Å². The summed E-state index contributed by atoms with van der Waals surface area (Å²) < 4.78 is 28.3. The molecule has 5 rings (SSSR count). The third kappa shape index (κ3) is 1.89. The average molecular weight is 353 g/mol. The second-order valence-corrected chi connectivity index (χ2v) is 5.96. The highest BCUT2D eigenvalue weighted by Gasteiger charge is 2.34. The van der Waals surface area contributed by atoms with Crippen LogP contribution in [0.3, 0.4) is 0 Å². The Morgan fingerprint density at radius 1 is 1.08 bits per heavy atom. The van der Waals surface area contributed by atoms with Crippen molar-refractivity contribution in [3.05, 3.63) is 41.7 Å². The van der Waals surface area contributed by atoms with Crippen molar-refractivity contribution in [3.63, 3.8) is 0 Å². The van der Waals surface area contributed by atoms with Crippen molar-refractivity contribution in [2.24, 2.45) is 0 Å². The summed E-state index contributed by atoms with van der Waals surface area (Å²) >= 11 is 0. The van der Waals surface area contributed by atoms with Gasteiger partial charge in [-0.05, 0) is 29.7 Å². The number of nitrogens with zero attached hydrogens (tertiary/aromatic N) is 1. The first kappa shape index (κ1) is 15.1. The molecule has 1 unspecified atom stereocenters. The van der Waals surface area contributed by atoms with Crippen LogP contribution in [0.1, 0.15) is 17.4 Å². The van der Waals surface area contributed by atoms with Crippen LogP contribution in [-0.4, -0.2) is 31.1 Å². The lowest BCUT2D eigenvalue weighted by atomic mass is 10.00. The van der Waals surface area contributed by atoms with E-state index in [1.165, 1.54) is 7.11 Å². The fourth-order valence-corrected chi connectivity index (χ4v) is 3.48. The molecule has 0 bridgehead atoms. The molecule has 0 saturated heterocycles. The van der Waals surface area contributed by atoms with Crippen LogP contribution in [0.5, 0.6) is 34.5 Å². The minimum Gasteiger partial charge on any atom is -0.493 e. The molecule has 0 saturated carbocycles. The number of pyridine rings is 1. The summed E-state index contributed by atoms with van der Waals surface area (Å²) in [5, 5.41) is 12.5. The van der Waals surface area contributed by atoms with E-state index >= 15 is 0 Å². The van der Waals surface area contributed by atoms with Gasteiger partial charge in [0.05, 0.1) is 25.3 Å². The average Bonchev–Trinajstić information content (AvgIpc) is 3.09. The third-order valence-corrected chi connectivity index (χ3v) is 4.66. The summed E-state index contributed by atoms with van der Waals surface area (Å²) in [6.45, 7) is 0.107. The molecule has 26 heavy (non-hydrogen) atoms. The van der Waals surface area contributed by atoms with E-state index in [4.69, 9.17) is 23.7 Å². The standard InChI is InChI=1S/C19H15NO6/c1-22-11-4-3-10-15(21)14-13-9(5-6-20-14)7-12-18(25-8-24-12)19(13)26-16(10)17(11)23-2/h3-7,15,21H,8H2,1-2H3. The first-order valence-electron chi connectivity index (χ1n) is 8.05. The number of aromatic nitrogens is 1. The fraction of sp³-hybridized carbons (Fsp3) is 0.211. The minimum atomic E-state index is -0.991. The Bertz CT molecular complexity index is 1050. The third-order valence-electron chi connectivity index (χ3n) is 4.66. The van der Waals surface area contributed by atoms with E-state index in [0.29, 0.717) is 51.1 Å². The molecule has 2 aliphatic heterocycles.